The molecule has 0 aliphatic rings. The van der Waals surface area contributed by atoms with Crippen LogP contribution < -0.4 is 5.73 Å². The van der Waals surface area contributed by atoms with E-state index in [1.54, 1.807) is 0 Å². The Hall–Kier alpha value is -0.860. The Labute approximate surface area is 79.4 Å². The highest BCUT2D eigenvalue weighted by atomic mass is 16.3. The SMILES string of the molecule is Cc1cccc(C[C@@H](CN)CO)c1. The van der Waals surface area contributed by atoms with E-state index in [-0.39, 0.29) is 12.5 Å². The molecule has 0 aliphatic heterocycles. The van der Waals surface area contributed by atoms with Gasteiger partial charge in [0.05, 0.1) is 0 Å². The minimum atomic E-state index is 0.171. The van der Waals surface area contributed by atoms with Crippen LogP contribution in [-0.4, -0.2) is 18.3 Å². The summed E-state index contributed by atoms with van der Waals surface area (Å²) < 4.78 is 0. The van der Waals surface area contributed by atoms with Crippen molar-refractivity contribution >= 4 is 0 Å². The first-order valence-corrected chi connectivity index (χ1v) is 4.62. The van der Waals surface area contributed by atoms with Gasteiger partial charge >= 0.3 is 0 Å². The highest BCUT2D eigenvalue weighted by Crippen LogP contribution is 2.09. The van der Waals surface area contributed by atoms with E-state index in [2.05, 4.69) is 25.1 Å². The molecule has 3 N–H and O–H groups in total. The molecule has 1 aromatic rings. The maximum absolute atomic E-state index is 8.98. The van der Waals surface area contributed by atoms with Crippen LogP contribution in [0.1, 0.15) is 11.1 Å². The summed E-state index contributed by atoms with van der Waals surface area (Å²) >= 11 is 0. The summed E-state index contributed by atoms with van der Waals surface area (Å²) in [6.07, 6.45) is 0.870. The lowest BCUT2D eigenvalue weighted by Crippen LogP contribution is -2.20. The molecule has 0 aromatic heterocycles. The molecular formula is C11H17NO. The zero-order valence-corrected chi connectivity index (χ0v) is 8.03. The Kier molecular flexibility index (Phi) is 3.93. The Morgan fingerprint density at radius 2 is 2.23 bits per heavy atom. The van der Waals surface area contributed by atoms with Gasteiger partial charge in [0, 0.05) is 6.61 Å². The maximum Gasteiger partial charge on any atom is 0.0474 e. The summed E-state index contributed by atoms with van der Waals surface area (Å²) in [7, 11) is 0. The van der Waals surface area contributed by atoms with Crippen LogP contribution in [0.2, 0.25) is 0 Å². The van der Waals surface area contributed by atoms with Crippen LogP contribution in [0.25, 0.3) is 0 Å². The summed E-state index contributed by atoms with van der Waals surface area (Å²) in [4.78, 5) is 0. The molecule has 0 fully saturated rings. The molecule has 2 nitrogen and oxygen atoms in total. The van der Waals surface area contributed by atoms with Gasteiger partial charge in [0.2, 0.25) is 0 Å². The van der Waals surface area contributed by atoms with Gasteiger partial charge in [-0.05, 0) is 31.4 Å². The second kappa shape index (κ2) is 5.00. The molecule has 0 bridgehead atoms. The molecule has 13 heavy (non-hydrogen) atoms. The van der Waals surface area contributed by atoms with Crippen molar-refractivity contribution in [2.75, 3.05) is 13.2 Å². The summed E-state index contributed by atoms with van der Waals surface area (Å²) in [6, 6.07) is 8.32. The number of aryl methyl sites for hydroxylation is 1. The van der Waals surface area contributed by atoms with Gasteiger partial charge in [0.15, 0.2) is 0 Å². The van der Waals surface area contributed by atoms with Gasteiger partial charge in [0.25, 0.3) is 0 Å². The first-order valence-electron chi connectivity index (χ1n) is 4.62. The number of aliphatic hydroxyl groups excluding tert-OH is 1. The lowest BCUT2D eigenvalue weighted by molar-refractivity contribution is 0.230. The van der Waals surface area contributed by atoms with Crippen molar-refractivity contribution in [3.63, 3.8) is 0 Å². The van der Waals surface area contributed by atoms with Crippen molar-refractivity contribution in [3.8, 4) is 0 Å². The normalized spacial score (nSPS) is 12.8. The molecule has 0 aliphatic carbocycles. The fourth-order valence-corrected chi connectivity index (χ4v) is 1.39. The van der Waals surface area contributed by atoms with Gasteiger partial charge < -0.3 is 10.8 Å². The lowest BCUT2D eigenvalue weighted by atomic mass is 9.99. The van der Waals surface area contributed by atoms with E-state index in [1.807, 2.05) is 6.07 Å². The standard InChI is InChI=1S/C11H17NO/c1-9-3-2-4-10(5-9)6-11(7-12)8-13/h2-5,11,13H,6-8,12H2,1H3/t11-/m0/s1. The van der Waals surface area contributed by atoms with Crippen molar-refractivity contribution < 1.29 is 5.11 Å². The Morgan fingerprint density at radius 3 is 2.77 bits per heavy atom. The molecule has 1 rings (SSSR count). The molecule has 0 heterocycles. The Morgan fingerprint density at radius 1 is 1.46 bits per heavy atom. The average Bonchev–Trinajstić information content (AvgIpc) is 2.14. The first kappa shape index (κ1) is 10.2. The summed E-state index contributed by atoms with van der Waals surface area (Å²) in [6.45, 7) is 2.79. The van der Waals surface area contributed by atoms with E-state index in [0.717, 1.165) is 6.42 Å². The fraction of sp³-hybridized carbons (Fsp3) is 0.455. The predicted octanol–water partition coefficient (Wildman–Crippen LogP) is 1.10. The van der Waals surface area contributed by atoms with Gasteiger partial charge in [-0.2, -0.15) is 0 Å². The van der Waals surface area contributed by atoms with E-state index >= 15 is 0 Å². The molecule has 0 amide bonds. The molecule has 72 valence electrons. The molecule has 2 heteroatoms. The minimum absolute atomic E-state index is 0.171. The molecule has 0 spiro atoms. The van der Waals surface area contributed by atoms with Crippen molar-refractivity contribution in [3.05, 3.63) is 35.4 Å². The van der Waals surface area contributed by atoms with Crippen LogP contribution in [0.4, 0.5) is 0 Å². The monoisotopic (exact) mass is 179 g/mol. The van der Waals surface area contributed by atoms with Crippen molar-refractivity contribution in [1.82, 2.24) is 0 Å². The van der Waals surface area contributed by atoms with Crippen molar-refractivity contribution in [2.45, 2.75) is 13.3 Å². The summed E-state index contributed by atoms with van der Waals surface area (Å²) in [5, 5.41) is 8.98. The van der Waals surface area contributed by atoms with Crippen LogP contribution in [0.3, 0.4) is 0 Å². The largest absolute Gasteiger partial charge is 0.396 e. The fourth-order valence-electron chi connectivity index (χ4n) is 1.39. The number of nitrogens with two attached hydrogens (primary N) is 1. The van der Waals surface area contributed by atoms with Crippen LogP contribution in [0, 0.1) is 12.8 Å². The second-order valence-electron chi connectivity index (χ2n) is 3.48. The van der Waals surface area contributed by atoms with Gasteiger partial charge in [-0.25, -0.2) is 0 Å². The van der Waals surface area contributed by atoms with Gasteiger partial charge in [0.1, 0.15) is 0 Å². The van der Waals surface area contributed by atoms with Crippen LogP contribution in [-0.2, 0) is 6.42 Å². The second-order valence-corrected chi connectivity index (χ2v) is 3.48. The van der Waals surface area contributed by atoms with Crippen molar-refractivity contribution in [2.24, 2.45) is 11.7 Å². The van der Waals surface area contributed by atoms with E-state index in [4.69, 9.17) is 10.8 Å². The zero-order valence-electron chi connectivity index (χ0n) is 8.03. The Balaban J connectivity index is 2.62. The molecule has 0 radical (unpaired) electrons. The molecule has 1 aromatic carbocycles. The first-order chi connectivity index (χ1) is 6.26. The van der Waals surface area contributed by atoms with E-state index in [0.29, 0.717) is 6.54 Å². The smallest absolute Gasteiger partial charge is 0.0474 e. The van der Waals surface area contributed by atoms with Gasteiger partial charge in [-0.15, -0.1) is 0 Å². The molecule has 0 unspecified atom stereocenters. The summed E-state index contributed by atoms with van der Waals surface area (Å²) in [5.41, 5.74) is 8.02. The molecule has 0 saturated carbocycles. The number of benzene rings is 1. The number of hydrogen-bond donors (Lipinski definition) is 2. The number of hydrogen-bond acceptors (Lipinski definition) is 2. The van der Waals surface area contributed by atoms with Crippen molar-refractivity contribution in [1.29, 1.82) is 0 Å². The zero-order chi connectivity index (χ0) is 9.68. The third-order valence-corrected chi connectivity index (χ3v) is 2.20. The maximum atomic E-state index is 8.98. The predicted molar refractivity (Wildman–Crippen MR) is 54.5 cm³/mol. The lowest BCUT2D eigenvalue weighted by Gasteiger charge is -2.11. The molecule has 1 atom stereocenters. The number of aliphatic hydroxyl groups is 1. The van der Waals surface area contributed by atoms with E-state index < -0.39 is 0 Å². The summed E-state index contributed by atoms with van der Waals surface area (Å²) in [5.74, 6) is 0.196. The van der Waals surface area contributed by atoms with E-state index in [1.165, 1.54) is 11.1 Å². The third kappa shape index (κ3) is 3.17. The third-order valence-electron chi connectivity index (χ3n) is 2.20. The average molecular weight is 179 g/mol. The highest BCUT2D eigenvalue weighted by molar-refractivity contribution is 5.22. The highest BCUT2D eigenvalue weighted by Gasteiger charge is 2.05. The van der Waals surface area contributed by atoms with Crippen LogP contribution in [0.15, 0.2) is 24.3 Å². The molecular weight excluding hydrogens is 162 g/mol. The quantitative estimate of drug-likeness (QED) is 0.727. The van der Waals surface area contributed by atoms with E-state index in [9.17, 15) is 0 Å². The Bertz CT molecular complexity index is 256. The minimum Gasteiger partial charge on any atom is -0.396 e. The van der Waals surface area contributed by atoms with Crippen LogP contribution in [0.5, 0.6) is 0 Å². The van der Waals surface area contributed by atoms with Gasteiger partial charge in [-0.3, -0.25) is 0 Å². The molecule has 0 saturated heterocycles. The van der Waals surface area contributed by atoms with Gasteiger partial charge in [-0.1, -0.05) is 29.8 Å². The topological polar surface area (TPSA) is 46.2 Å². The van der Waals surface area contributed by atoms with Crippen LogP contribution >= 0.6 is 0 Å². The number of rotatable bonds is 4.